The molecule has 6 nitrogen and oxygen atoms in total. The summed E-state index contributed by atoms with van der Waals surface area (Å²) in [5.74, 6) is 1.37. The molecule has 1 aliphatic heterocycles. The highest BCUT2D eigenvalue weighted by Crippen LogP contribution is 2.29. The van der Waals surface area contributed by atoms with Gasteiger partial charge in [0.2, 0.25) is 5.89 Å². The maximum Gasteiger partial charge on any atom is 0.243 e. The minimum atomic E-state index is 0.136. The number of piperazine rings is 1. The van der Waals surface area contributed by atoms with Crippen LogP contribution >= 0.6 is 11.6 Å². The Balaban J connectivity index is 1.50. The number of benzene rings is 1. The number of anilines is 1. The summed E-state index contributed by atoms with van der Waals surface area (Å²) in [6.45, 7) is 7.74. The number of aryl methyl sites for hydroxylation is 1. The highest BCUT2D eigenvalue weighted by Gasteiger charge is 2.26. The number of pyridine rings is 1. The molecule has 1 aromatic carbocycles. The van der Waals surface area contributed by atoms with Crippen molar-refractivity contribution in [2.75, 3.05) is 31.1 Å². The van der Waals surface area contributed by atoms with E-state index in [4.69, 9.17) is 16.1 Å². The summed E-state index contributed by atoms with van der Waals surface area (Å²) in [6.07, 6.45) is 1.85. The zero-order chi connectivity index (χ0) is 17.4. The normalized spacial score (nSPS) is 17.2. The van der Waals surface area contributed by atoms with Gasteiger partial charge >= 0.3 is 0 Å². The van der Waals surface area contributed by atoms with Gasteiger partial charge in [0.1, 0.15) is 0 Å². The largest absolute Gasteiger partial charge is 0.368 e. The second-order valence-electron chi connectivity index (χ2n) is 6.37. The first-order valence-corrected chi connectivity index (χ1v) is 8.83. The highest BCUT2D eigenvalue weighted by molar-refractivity contribution is 6.31. The van der Waals surface area contributed by atoms with Crippen LogP contribution in [0.4, 0.5) is 5.69 Å². The van der Waals surface area contributed by atoms with Crippen molar-refractivity contribution in [3.63, 3.8) is 0 Å². The van der Waals surface area contributed by atoms with E-state index in [0.29, 0.717) is 16.7 Å². The van der Waals surface area contributed by atoms with E-state index in [9.17, 15) is 0 Å². The van der Waals surface area contributed by atoms with Gasteiger partial charge in [-0.1, -0.05) is 16.8 Å². The van der Waals surface area contributed by atoms with Crippen molar-refractivity contribution in [1.29, 1.82) is 0 Å². The monoisotopic (exact) mass is 357 g/mol. The Morgan fingerprint density at radius 3 is 2.68 bits per heavy atom. The van der Waals surface area contributed by atoms with E-state index in [-0.39, 0.29) is 6.04 Å². The number of fused-ring (bicyclic) bond motifs is 1. The maximum atomic E-state index is 6.09. The zero-order valence-corrected chi connectivity index (χ0v) is 15.1. The first-order chi connectivity index (χ1) is 12.1. The molecule has 3 aromatic rings. The van der Waals surface area contributed by atoms with Gasteiger partial charge in [-0.25, -0.2) is 0 Å². The quantitative estimate of drug-likeness (QED) is 0.715. The number of rotatable bonds is 3. The number of aromatic nitrogens is 3. The zero-order valence-electron chi connectivity index (χ0n) is 14.3. The van der Waals surface area contributed by atoms with Crippen LogP contribution in [0.2, 0.25) is 5.02 Å². The average Bonchev–Trinajstić information content (AvgIpc) is 3.07. The molecule has 2 aromatic heterocycles. The molecule has 1 saturated heterocycles. The molecule has 0 bridgehead atoms. The minimum absolute atomic E-state index is 0.136. The molecular formula is C18H20ClN5O. The van der Waals surface area contributed by atoms with Gasteiger partial charge in [0.15, 0.2) is 5.82 Å². The molecule has 0 spiro atoms. The standard InChI is InChI=1S/C18H20ClN5O/c1-12(18-21-13(2)22-25-18)23-7-9-24(10-8-23)17-5-6-20-16-11-14(19)3-4-15(16)17/h3-6,11-12H,7-10H2,1-2H3. The van der Waals surface area contributed by atoms with Crippen LogP contribution in [0.1, 0.15) is 24.7 Å². The topological polar surface area (TPSA) is 58.3 Å². The van der Waals surface area contributed by atoms with Gasteiger partial charge in [-0.05, 0) is 38.1 Å². The van der Waals surface area contributed by atoms with Crippen LogP contribution in [0.5, 0.6) is 0 Å². The Hall–Kier alpha value is -2.18. The fourth-order valence-corrected chi connectivity index (χ4v) is 3.54. The van der Waals surface area contributed by atoms with Crippen molar-refractivity contribution in [1.82, 2.24) is 20.0 Å². The molecule has 25 heavy (non-hydrogen) atoms. The molecule has 0 aliphatic carbocycles. The van der Waals surface area contributed by atoms with Crippen LogP contribution in [-0.2, 0) is 0 Å². The highest BCUT2D eigenvalue weighted by atomic mass is 35.5. The lowest BCUT2D eigenvalue weighted by molar-refractivity contribution is 0.164. The molecule has 3 heterocycles. The Morgan fingerprint density at radius 1 is 1.16 bits per heavy atom. The Bertz CT molecular complexity index is 888. The molecular weight excluding hydrogens is 338 g/mol. The van der Waals surface area contributed by atoms with Gasteiger partial charge in [0, 0.05) is 48.5 Å². The smallest absolute Gasteiger partial charge is 0.243 e. The molecule has 1 unspecified atom stereocenters. The van der Waals surface area contributed by atoms with E-state index < -0.39 is 0 Å². The van der Waals surface area contributed by atoms with E-state index in [1.165, 1.54) is 5.69 Å². The van der Waals surface area contributed by atoms with Crippen molar-refractivity contribution in [3.8, 4) is 0 Å². The average molecular weight is 358 g/mol. The lowest BCUT2D eigenvalue weighted by Crippen LogP contribution is -2.47. The first kappa shape index (κ1) is 16.3. The molecule has 130 valence electrons. The summed E-state index contributed by atoms with van der Waals surface area (Å²) < 4.78 is 5.32. The molecule has 0 radical (unpaired) electrons. The third kappa shape index (κ3) is 3.19. The van der Waals surface area contributed by atoms with E-state index >= 15 is 0 Å². The SMILES string of the molecule is Cc1noc(C(C)N2CCN(c3ccnc4cc(Cl)ccc34)CC2)n1. The van der Waals surface area contributed by atoms with Gasteiger partial charge in [0.05, 0.1) is 11.6 Å². The van der Waals surface area contributed by atoms with E-state index in [1.54, 1.807) is 0 Å². The predicted molar refractivity (Wildman–Crippen MR) is 98.0 cm³/mol. The lowest BCUT2D eigenvalue weighted by Gasteiger charge is -2.38. The van der Waals surface area contributed by atoms with Gasteiger partial charge in [-0.15, -0.1) is 0 Å². The van der Waals surface area contributed by atoms with Gasteiger partial charge in [0.25, 0.3) is 0 Å². The first-order valence-electron chi connectivity index (χ1n) is 8.45. The summed E-state index contributed by atoms with van der Waals surface area (Å²) in [5.41, 5.74) is 2.14. The van der Waals surface area contributed by atoms with Crippen LogP contribution in [0, 0.1) is 6.92 Å². The summed E-state index contributed by atoms with van der Waals surface area (Å²) in [6, 6.07) is 8.10. The third-order valence-corrected chi connectivity index (χ3v) is 5.02. The molecule has 0 saturated carbocycles. The Morgan fingerprint density at radius 2 is 1.96 bits per heavy atom. The van der Waals surface area contributed by atoms with Gasteiger partial charge < -0.3 is 9.42 Å². The molecule has 1 atom stereocenters. The molecule has 4 rings (SSSR count). The molecule has 0 amide bonds. The number of halogens is 1. The summed E-state index contributed by atoms with van der Waals surface area (Å²) in [4.78, 5) is 13.6. The van der Waals surface area contributed by atoms with Crippen LogP contribution in [0.15, 0.2) is 35.0 Å². The van der Waals surface area contributed by atoms with Crippen molar-refractivity contribution in [2.24, 2.45) is 0 Å². The lowest BCUT2D eigenvalue weighted by atomic mass is 10.1. The molecule has 1 fully saturated rings. The summed E-state index contributed by atoms with van der Waals surface area (Å²) >= 11 is 6.09. The minimum Gasteiger partial charge on any atom is -0.368 e. The number of nitrogens with zero attached hydrogens (tertiary/aromatic N) is 5. The second kappa shape index (κ2) is 6.61. The van der Waals surface area contributed by atoms with Crippen molar-refractivity contribution in [2.45, 2.75) is 19.9 Å². The van der Waals surface area contributed by atoms with Crippen LogP contribution < -0.4 is 4.90 Å². The Labute approximate surface area is 151 Å². The fourth-order valence-electron chi connectivity index (χ4n) is 3.37. The van der Waals surface area contributed by atoms with Crippen molar-refractivity contribution < 1.29 is 4.52 Å². The molecule has 0 N–H and O–H groups in total. The molecule has 7 heteroatoms. The van der Waals surface area contributed by atoms with Crippen LogP contribution in [0.25, 0.3) is 10.9 Å². The predicted octanol–water partition coefficient (Wildman–Crippen LogP) is 3.46. The summed E-state index contributed by atoms with van der Waals surface area (Å²) in [5, 5.41) is 5.75. The number of hydrogen-bond donors (Lipinski definition) is 0. The molecule has 1 aliphatic rings. The fraction of sp³-hybridized carbons (Fsp3) is 0.389. The van der Waals surface area contributed by atoms with E-state index in [0.717, 1.165) is 37.1 Å². The van der Waals surface area contributed by atoms with Crippen LogP contribution in [0.3, 0.4) is 0 Å². The number of hydrogen-bond acceptors (Lipinski definition) is 6. The maximum absolute atomic E-state index is 6.09. The third-order valence-electron chi connectivity index (χ3n) is 4.79. The second-order valence-corrected chi connectivity index (χ2v) is 6.81. The van der Waals surface area contributed by atoms with Gasteiger partial charge in [-0.2, -0.15) is 4.98 Å². The summed E-state index contributed by atoms with van der Waals surface area (Å²) in [7, 11) is 0. The van der Waals surface area contributed by atoms with E-state index in [1.807, 2.05) is 25.3 Å². The van der Waals surface area contributed by atoms with E-state index in [2.05, 4.69) is 44.0 Å². The van der Waals surface area contributed by atoms with Crippen LogP contribution in [-0.4, -0.2) is 46.2 Å². The van der Waals surface area contributed by atoms with Crippen molar-refractivity contribution >= 4 is 28.2 Å². The van der Waals surface area contributed by atoms with Crippen molar-refractivity contribution in [3.05, 3.63) is 47.2 Å². The van der Waals surface area contributed by atoms with Gasteiger partial charge in [-0.3, -0.25) is 9.88 Å². The Kier molecular flexibility index (Phi) is 4.31.